The molecule has 0 aromatic heterocycles. The molecule has 3 nitrogen and oxygen atoms in total. The predicted octanol–water partition coefficient (Wildman–Crippen LogP) is 0.305. The molecular weight excluding hydrogens is 357 g/mol. The Balaban J connectivity index is -0.00000128. The van der Waals surface area contributed by atoms with Gasteiger partial charge in [0.1, 0.15) is 0 Å². The molecule has 19 heavy (non-hydrogen) atoms. The minimum atomic E-state index is 0. The van der Waals surface area contributed by atoms with E-state index >= 15 is 0 Å². The molecule has 4 heteroatoms. The van der Waals surface area contributed by atoms with Crippen LogP contribution in [0.1, 0.15) is 65.7 Å². The molecule has 0 fully saturated rings. The number of unbranched alkanes of at least 4 members (excludes halogenated alkanes) is 4. The van der Waals surface area contributed by atoms with Crippen molar-refractivity contribution in [3.05, 3.63) is 7.43 Å². The van der Waals surface area contributed by atoms with E-state index in [0.717, 1.165) is 32.4 Å². The van der Waals surface area contributed by atoms with Crippen LogP contribution in [0.25, 0.3) is 0 Å². The summed E-state index contributed by atoms with van der Waals surface area (Å²) in [7, 11) is 0. The van der Waals surface area contributed by atoms with E-state index < -0.39 is 0 Å². The van der Waals surface area contributed by atoms with Gasteiger partial charge in [-0.05, 0) is 25.8 Å². The second-order valence-electron chi connectivity index (χ2n) is 4.98. The predicted molar refractivity (Wildman–Crippen MR) is 80.6 cm³/mol. The van der Waals surface area contributed by atoms with Gasteiger partial charge in [-0.2, -0.15) is 0 Å². The van der Waals surface area contributed by atoms with E-state index in [1.807, 2.05) is 0 Å². The summed E-state index contributed by atoms with van der Waals surface area (Å²) in [4.78, 5) is 11.4. The van der Waals surface area contributed by atoms with Gasteiger partial charge in [-0.1, -0.05) is 40.0 Å². The average molecular weight is 390 g/mol. The maximum Gasteiger partial charge on any atom is 1.00 e. The quantitative estimate of drug-likeness (QED) is 0.394. The summed E-state index contributed by atoms with van der Waals surface area (Å²) in [6.45, 7) is 8.40. The fraction of sp³-hybridized carbons (Fsp3) is 0.867. The third kappa shape index (κ3) is 21.9. The van der Waals surface area contributed by atoms with Gasteiger partial charge < -0.3 is 18.1 Å². The summed E-state index contributed by atoms with van der Waals surface area (Å²) in [6, 6.07) is 0.567. The van der Waals surface area contributed by atoms with Crippen LogP contribution in [0.2, 0.25) is 0 Å². The number of hydrogen-bond acceptors (Lipinski definition) is 2. The van der Waals surface area contributed by atoms with Crippen LogP contribution < -0.4 is 79.5 Å². The van der Waals surface area contributed by atoms with Crippen molar-refractivity contribution in [1.29, 1.82) is 0 Å². The van der Waals surface area contributed by atoms with Crippen LogP contribution in [-0.4, -0.2) is 25.0 Å². The summed E-state index contributed by atoms with van der Waals surface area (Å²) in [6.07, 6.45) is 7.54. The Morgan fingerprint density at radius 1 is 1.00 bits per heavy atom. The van der Waals surface area contributed by atoms with Gasteiger partial charge in [-0.3, -0.25) is 4.79 Å². The normalized spacial score (nSPS) is 9.68. The maximum atomic E-state index is 11.4. The Bertz CT molecular complexity index is 187. The molecule has 0 spiro atoms. The Morgan fingerprint density at radius 2 is 1.63 bits per heavy atom. The Morgan fingerprint density at radius 3 is 2.21 bits per heavy atom. The SMILES string of the molecule is CCCCCNC(=O)CCCCCNC(C)C.[CH3-].[Cs+]. The van der Waals surface area contributed by atoms with E-state index in [1.165, 1.54) is 19.3 Å². The summed E-state index contributed by atoms with van der Waals surface area (Å²) < 4.78 is 0. The second kappa shape index (κ2) is 19.5. The molecule has 110 valence electrons. The summed E-state index contributed by atoms with van der Waals surface area (Å²) in [5, 5.41) is 6.35. The smallest absolute Gasteiger partial charge is 0.358 e. The van der Waals surface area contributed by atoms with Gasteiger partial charge in [0.05, 0.1) is 0 Å². The fourth-order valence-corrected chi connectivity index (χ4v) is 1.67. The Labute approximate surface area is 179 Å². The van der Waals surface area contributed by atoms with Crippen LogP contribution in [-0.2, 0) is 4.79 Å². The first-order valence-corrected chi connectivity index (χ1v) is 7.17. The van der Waals surface area contributed by atoms with Gasteiger partial charge in [0.25, 0.3) is 0 Å². The molecule has 0 aliphatic heterocycles. The molecule has 1 amide bonds. The Kier molecular flexibility index (Phi) is 26.1. The van der Waals surface area contributed by atoms with Crippen LogP contribution in [0.4, 0.5) is 0 Å². The van der Waals surface area contributed by atoms with E-state index in [1.54, 1.807) is 0 Å². The largest absolute Gasteiger partial charge is 1.00 e. The van der Waals surface area contributed by atoms with E-state index in [-0.39, 0.29) is 82.2 Å². The van der Waals surface area contributed by atoms with Crippen molar-refractivity contribution in [1.82, 2.24) is 10.6 Å². The van der Waals surface area contributed by atoms with Gasteiger partial charge in [-0.15, -0.1) is 0 Å². The van der Waals surface area contributed by atoms with E-state index in [9.17, 15) is 4.79 Å². The first-order chi connectivity index (χ1) is 8.16. The van der Waals surface area contributed by atoms with E-state index in [4.69, 9.17) is 0 Å². The zero-order chi connectivity index (χ0) is 12.9. The number of amides is 1. The fourth-order valence-electron chi connectivity index (χ4n) is 1.67. The second-order valence-corrected chi connectivity index (χ2v) is 4.98. The van der Waals surface area contributed by atoms with Gasteiger partial charge >= 0.3 is 68.9 Å². The van der Waals surface area contributed by atoms with Crippen LogP contribution in [0, 0.1) is 7.43 Å². The average Bonchev–Trinajstić information content (AvgIpc) is 2.29. The third-order valence-corrected chi connectivity index (χ3v) is 2.74. The van der Waals surface area contributed by atoms with E-state index in [0.29, 0.717) is 12.5 Å². The van der Waals surface area contributed by atoms with Crippen molar-refractivity contribution in [2.45, 2.75) is 71.8 Å². The van der Waals surface area contributed by atoms with Gasteiger partial charge in [0.15, 0.2) is 0 Å². The standard InChI is InChI=1S/C14H30N2O.CH3.Cs/c1-4-5-8-12-16-14(17)10-7-6-9-11-15-13(2)3;;/h13,15H,4-12H2,1-3H3,(H,16,17);1H3;/q;-1;+1. The minimum absolute atomic E-state index is 0. The number of carbonyl (C=O) groups is 1. The summed E-state index contributed by atoms with van der Waals surface area (Å²) in [5.41, 5.74) is 0. The molecule has 0 atom stereocenters. The maximum absolute atomic E-state index is 11.4. The molecule has 0 heterocycles. The summed E-state index contributed by atoms with van der Waals surface area (Å²) in [5.74, 6) is 0.220. The molecule has 0 aliphatic carbocycles. The molecular formula is C15H33CsN2O. The van der Waals surface area contributed by atoms with Gasteiger partial charge in [0, 0.05) is 19.0 Å². The van der Waals surface area contributed by atoms with Crippen molar-refractivity contribution in [2.24, 2.45) is 0 Å². The number of nitrogens with one attached hydrogen (secondary N) is 2. The van der Waals surface area contributed by atoms with Crippen LogP contribution >= 0.6 is 0 Å². The number of rotatable bonds is 11. The molecule has 0 aromatic rings. The molecule has 0 radical (unpaired) electrons. The zero-order valence-electron chi connectivity index (χ0n) is 13.8. The monoisotopic (exact) mass is 390 g/mol. The van der Waals surface area contributed by atoms with Gasteiger partial charge in [-0.25, -0.2) is 0 Å². The number of hydrogen-bond donors (Lipinski definition) is 2. The van der Waals surface area contributed by atoms with Crippen molar-refractivity contribution in [3.8, 4) is 0 Å². The van der Waals surface area contributed by atoms with E-state index in [2.05, 4.69) is 31.4 Å². The first kappa shape index (κ1) is 25.4. The molecule has 0 rings (SSSR count). The zero-order valence-corrected chi connectivity index (χ0v) is 20.1. The molecule has 0 aliphatic rings. The molecule has 0 unspecified atom stereocenters. The van der Waals surface area contributed by atoms with Crippen molar-refractivity contribution >= 4 is 5.91 Å². The van der Waals surface area contributed by atoms with Crippen LogP contribution in [0.3, 0.4) is 0 Å². The molecule has 0 saturated carbocycles. The van der Waals surface area contributed by atoms with Crippen LogP contribution in [0.15, 0.2) is 0 Å². The summed E-state index contributed by atoms with van der Waals surface area (Å²) >= 11 is 0. The molecule has 0 saturated heterocycles. The number of carbonyl (C=O) groups excluding carboxylic acids is 1. The Hall–Kier alpha value is 1.48. The first-order valence-electron chi connectivity index (χ1n) is 7.17. The minimum Gasteiger partial charge on any atom is -0.358 e. The molecule has 0 bridgehead atoms. The van der Waals surface area contributed by atoms with Crippen molar-refractivity contribution in [2.75, 3.05) is 13.1 Å². The van der Waals surface area contributed by atoms with Crippen molar-refractivity contribution < 1.29 is 73.7 Å². The van der Waals surface area contributed by atoms with Crippen LogP contribution in [0.5, 0.6) is 0 Å². The van der Waals surface area contributed by atoms with Crippen molar-refractivity contribution in [3.63, 3.8) is 0 Å². The third-order valence-electron chi connectivity index (χ3n) is 2.74. The van der Waals surface area contributed by atoms with Gasteiger partial charge in [0.2, 0.25) is 5.91 Å². The topological polar surface area (TPSA) is 41.1 Å². The molecule has 0 aromatic carbocycles. The molecule has 2 N–H and O–H groups in total.